The lowest BCUT2D eigenvalue weighted by Gasteiger charge is -2.09. The molecule has 0 atom stereocenters. The third-order valence-corrected chi connectivity index (χ3v) is 1.48. The smallest absolute Gasteiger partial charge is 0.0603 e. The summed E-state index contributed by atoms with van der Waals surface area (Å²) in [6.07, 6.45) is 2.58. The highest BCUT2D eigenvalue weighted by Crippen LogP contribution is 2.07. The summed E-state index contributed by atoms with van der Waals surface area (Å²) < 4.78 is 0. The van der Waals surface area contributed by atoms with Crippen molar-refractivity contribution in [3.63, 3.8) is 0 Å². The molecule has 1 fully saturated rings. The van der Waals surface area contributed by atoms with Gasteiger partial charge in [0, 0.05) is 0 Å². The Balaban J connectivity index is 2.06. The zero-order valence-electron chi connectivity index (χ0n) is 5.01. The van der Waals surface area contributed by atoms with Gasteiger partial charge in [0.15, 0.2) is 0 Å². The highest BCUT2D eigenvalue weighted by atomic mass is 16.3. The van der Waals surface area contributed by atoms with Crippen molar-refractivity contribution in [1.29, 1.82) is 0 Å². The van der Waals surface area contributed by atoms with Gasteiger partial charge >= 0.3 is 0 Å². The highest BCUT2D eigenvalue weighted by Gasteiger charge is 2.09. The standard InChI is InChI=1S/C6H12NO/c8-6-5-7-3-1-2-4-7/h5,8H,1-4,6H2. The first-order valence-electron chi connectivity index (χ1n) is 3.12. The van der Waals surface area contributed by atoms with Crippen molar-refractivity contribution in [1.82, 2.24) is 4.90 Å². The lowest BCUT2D eigenvalue weighted by Crippen LogP contribution is -2.17. The van der Waals surface area contributed by atoms with E-state index in [1.165, 1.54) is 12.8 Å². The van der Waals surface area contributed by atoms with Gasteiger partial charge in [-0.05, 0) is 25.9 Å². The summed E-state index contributed by atoms with van der Waals surface area (Å²) >= 11 is 0. The molecule has 2 heteroatoms. The first-order valence-corrected chi connectivity index (χ1v) is 3.12. The summed E-state index contributed by atoms with van der Waals surface area (Å²) in [5.74, 6) is 0. The second kappa shape index (κ2) is 3.05. The van der Waals surface area contributed by atoms with Gasteiger partial charge in [0.1, 0.15) is 0 Å². The van der Waals surface area contributed by atoms with Crippen LogP contribution in [0.5, 0.6) is 0 Å². The maximum absolute atomic E-state index is 8.43. The fourth-order valence-electron chi connectivity index (χ4n) is 1.04. The molecule has 0 unspecified atom stereocenters. The Kier molecular flexibility index (Phi) is 2.30. The van der Waals surface area contributed by atoms with E-state index in [0.29, 0.717) is 0 Å². The van der Waals surface area contributed by atoms with E-state index in [1.807, 2.05) is 6.54 Å². The third kappa shape index (κ3) is 1.46. The molecule has 47 valence electrons. The molecule has 0 amide bonds. The van der Waals surface area contributed by atoms with E-state index in [9.17, 15) is 0 Å². The molecule has 0 aromatic heterocycles. The second-order valence-electron chi connectivity index (χ2n) is 2.11. The molecule has 0 spiro atoms. The van der Waals surface area contributed by atoms with E-state index in [4.69, 9.17) is 5.11 Å². The van der Waals surface area contributed by atoms with Gasteiger partial charge in [0.05, 0.1) is 13.2 Å². The molecule has 1 heterocycles. The molecule has 1 radical (unpaired) electrons. The Morgan fingerprint density at radius 1 is 1.38 bits per heavy atom. The molecule has 0 bridgehead atoms. The summed E-state index contributed by atoms with van der Waals surface area (Å²) in [6.45, 7) is 4.33. The van der Waals surface area contributed by atoms with Crippen molar-refractivity contribution >= 4 is 0 Å². The Morgan fingerprint density at radius 3 is 2.50 bits per heavy atom. The lowest BCUT2D eigenvalue weighted by molar-refractivity contribution is 0.267. The lowest BCUT2D eigenvalue weighted by atomic mass is 10.4. The molecular formula is C6H12NO. The van der Waals surface area contributed by atoms with Gasteiger partial charge in [0.25, 0.3) is 0 Å². The quantitative estimate of drug-likeness (QED) is 0.555. The van der Waals surface area contributed by atoms with Crippen LogP contribution in [0, 0.1) is 6.54 Å². The number of rotatable bonds is 2. The van der Waals surface area contributed by atoms with Gasteiger partial charge in [-0.15, -0.1) is 0 Å². The first-order chi connectivity index (χ1) is 3.93. The highest BCUT2D eigenvalue weighted by molar-refractivity contribution is 4.72. The summed E-state index contributed by atoms with van der Waals surface area (Å²) in [6, 6.07) is 0. The zero-order chi connectivity index (χ0) is 5.82. The number of likely N-dealkylation sites (tertiary alicyclic amines) is 1. The fraction of sp³-hybridized carbons (Fsp3) is 0.833. The minimum Gasteiger partial charge on any atom is -0.395 e. The zero-order valence-corrected chi connectivity index (χ0v) is 5.01. The molecule has 0 aromatic carbocycles. The largest absolute Gasteiger partial charge is 0.395 e. The summed E-state index contributed by atoms with van der Waals surface area (Å²) in [5.41, 5.74) is 0. The van der Waals surface area contributed by atoms with Gasteiger partial charge in [-0.1, -0.05) is 0 Å². The van der Waals surface area contributed by atoms with Crippen LogP contribution in [0.1, 0.15) is 12.8 Å². The number of hydrogen-bond acceptors (Lipinski definition) is 2. The van der Waals surface area contributed by atoms with E-state index < -0.39 is 0 Å². The van der Waals surface area contributed by atoms with Crippen molar-refractivity contribution in [3.05, 3.63) is 6.54 Å². The molecule has 1 aliphatic heterocycles. The average Bonchev–Trinajstić information content (AvgIpc) is 2.19. The van der Waals surface area contributed by atoms with E-state index in [1.54, 1.807) is 0 Å². The molecule has 0 aliphatic carbocycles. The van der Waals surface area contributed by atoms with Crippen LogP contribution in [0.15, 0.2) is 0 Å². The molecule has 0 aromatic rings. The van der Waals surface area contributed by atoms with Gasteiger partial charge < -0.3 is 5.11 Å². The summed E-state index contributed by atoms with van der Waals surface area (Å²) in [4.78, 5) is 2.17. The first kappa shape index (κ1) is 6.05. The van der Waals surface area contributed by atoms with E-state index in [0.717, 1.165) is 13.1 Å². The molecule has 8 heavy (non-hydrogen) atoms. The maximum atomic E-state index is 8.43. The van der Waals surface area contributed by atoms with E-state index in [-0.39, 0.29) is 6.61 Å². The van der Waals surface area contributed by atoms with Crippen LogP contribution in [0.3, 0.4) is 0 Å². The van der Waals surface area contributed by atoms with Crippen molar-refractivity contribution in [3.8, 4) is 0 Å². The number of hydrogen-bond donors (Lipinski definition) is 1. The molecular weight excluding hydrogens is 102 g/mol. The molecule has 1 rings (SSSR count). The Morgan fingerprint density at radius 2 is 2.00 bits per heavy atom. The minimum atomic E-state index is 0.194. The SMILES string of the molecule is OC[CH]N1CCCC1. The van der Waals surface area contributed by atoms with Gasteiger partial charge in [-0.3, -0.25) is 4.90 Å². The topological polar surface area (TPSA) is 23.5 Å². The van der Waals surface area contributed by atoms with E-state index >= 15 is 0 Å². The minimum absolute atomic E-state index is 0.194. The van der Waals surface area contributed by atoms with Crippen LogP contribution in [-0.2, 0) is 0 Å². The Labute approximate surface area is 50.1 Å². The predicted molar refractivity (Wildman–Crippen MR) is 32.2 cm³/mol. The number of aliphatic hydroxyl groups is 1. The molecule has 1 N–H and O–H groups in total. The van der Waals surface area contributed by atoms with Gasteiger partial charge in [0.2, 0.25) is 0 Å². The van der Waals surface area contributed by atoms with Crippen LogP contribution in [0.2, 0.25) is 0 Å². The van der Waals surface area contributed by atoms with E-state index in [2.05, 4.69) is 4.90 Å². The number of nitrogens with zero attached hydrogens (tertiary/aromatic N) is 1. The summed E-state index contributed by atoms with van der Waals surface area (Å²) in [7, 11) is 0. The predicted octanol–water partition coefficient (Wildman–Crippen LogP) is 0.236. The van der Waals surface area contributed by atoms with Crippen LogP contribution < -0.4 is 0 Å². The normalized spacial score (nSPS) is 22.1. The second-order valence-corrected chi connectivity index (χ2v) is 2.11. The third-order valence-electron chi connectivity index (χ3n) is 1.48. The fourth-order valence-corrected chi connectivity index (χ4v) is 1.04. The Bertz CT molecular complexity index is 59.5. The van der Waals surface area contributed by atoms with Crippen molar-refractivity contribution in [2.75, 3.05) is 19.7 Å². The average molecular weight is 114 g/mol. The van der Waals surface area contributed by atoms with Crippen LogP contribution >= 0.6 is 0 Å². The van der Waals surface area contributed by atoms with Crippen molar-refractivity contribution in [2.24, 2.45) is 0 Å². The summed E-state index contributed by atoms with van der Waals surface area (Å²) in [5, 5.41) is 8.43. The number of aliphatic hydroxyl groups excluding tert-OH is 1. The van der Waals surface area contributed by atoms with Gasteiger partial charge in [-0.25, -0.2) is 0 Å². The molecule has 1 aliphatic rings. The molecule has 0 saturated carbocycles. The van der Waals surface area contributed by atoms with Crippen molar-refractivity contribution in [2.45, 2.75) is 12.8 Å². The van der Waals surface area contributed by atoms with Gasteiger partial charge in [-0.2, -0.15) is 0 Å². The molecule has 2 nitrogen and oxygen atoms in total. The maximum Gasteiger partial charge on any atom is 0.0603 e. The van der Waals surface area contributed by atoms with Crippen LogP contribution in [0.4, 0.5) is 0 Å². The molecule has 1 saturated heterocycles. The van der Waals surface area contributed by atoms with Crippen LogP contribution in [0.25, 0.3) is 0 Å². The van der Waals surface area contributed by atoms with Crippen LogP contribution in [-0.4, -0.2) is 29.7 Å². The van der Waals surface area contributed by atoms with Crippen molar-refractivity contribution < 1.29 is 5.11 Å². The monoisotopic (exact) mass is 114 g/mol. The Hall–Kier alpha value is -0.0800.